The molecule has 0 unspecified atom stereocenters. The number of nitrogens with zero attached hydrogens (tertiary/aromatic N) is 1. The molecule has 0 bridgehead atoms. The van der Waals surface area contributed by atoms with Crippen LogP contribution in [0, 0.1) is 0 Å². The predicted molar refractivity (Wildman–Crippen MR) is 74.3 cm³/mol. The molecule has 1 aromatic rings. The molecule has 0 aromatic heterocycles. The Labute approximate surface area is 109 Å². The van der Waals surface area contributed by atoms with Crippen LogP contribution in [0.25, 0.3) is 0 Å². The van der Waals surface area contributed by atoms with E-state index in [0.29, 0.717) is 0 Å². The van der Waals surface area contributed by atoms with Gasteiger partial charge in [0.25, 0.3) is 0 Å². The van der Waals surface area contributed by atoms with Gasteiger partial charge in [-0.1, -0.05) is 12.1 Å². The first-order chi connectivity index (χ1) is 8.88. The van der Waals surface area contributed by atoms with Gasteiger partial charge in [0.05, 0.1) is 6.61 Å². The maximum atomic E-state index is 5.46. The third kappa shape index (κ3) is 2.25. The molecule has 0 radical (unpaired) electrons. The zero-order valence-electron chi connectivity index (χ0n) is 11.2. The average molecular weight is 246 g/mol. The van der Waals surface area contributed by atoms with Crippen LogP contribution in [-0.2, 0) is 24.1 Å². The van der Waals surface area contributed by atoms with Gasteiger partial charge in [-0.3, -0.25) is 0 Å². The van der Waals surface area contributed by atoms with E-state index in [0.717, 1.165) is 39.3 Å². The first kappa shape index (κ1) is 12.0. The number of hydrogen-bond acceptors (Lipinski definition) is 3. The molecule has 0 fully saturated rings. The first-order valence-electron chi connectivity index (χ1n) is 7.06. The molecule has 0 aliphatic carbocycles. The van der Waals surface area contributed by atoms with Crippen LogP contribution in [0.5, 0.6) is 0 Å². The highest BCUT2D eigenvalue weighted by Gasteiger charge is 2.24. The molecule has 2 heterocycles. The Kier molecular flexibility index (Phi) is 3.52. The number of anilines is 1. The third-order valence-electron chi connectivity index (χ3n) is 3.91. The number of ether oxygens (including phenoxy) is 1. The van der Waals surface area contributed by atoms with Crippen molar-refractivity contribution in [2.45, 2.75) is 26.3 Å². The Morgan fingerprint density at radius 1 is 1.28 bits per heavy atom. The fraction of sp³-hybridized carbons (Fsp3) is 0.600. The molecule has 2 aliphatic rings. The van der Waals surface area contributed by atoms with E-state index in [4.69, 9.17) is 4.74 Å². The summed E-state index contributed by atoms with van der Waals surface area (Å²) in [6.07, 6.45) is 2.25. The fourth-order valence-electron chi connectivity index (χ4n) is 3.07. The van der Waals surface area contributed by atoms with Crippen molar-refractivity contribution in [2.75, 3.05) is 37.7 Å². The van der Waals surface area contributed by atoms with Crippen LogP contribution in [-0.4, -0.2) is 32.8 Å². The molecule has 3 nitrogen and oxygen atoms in total. The molecule has 98 valence electrons. The number of rotatable bonds is 4. The summed E-state index contributed by atoms with van der Waals surface area (Å²) in [5, 5.41) is 3.52. The van der Waals surface area contributed by atoms with Crippen molar-refractivity contribution in [3.63, 3.8) is 0 Å². The molecule has 0 spiro atoms. The second-order valence-corrected chi connectivity index (χ2v) is 5.12. The van der Waals surface area contributed by atoms with Crippen molar-refractivity contribution in [3.05, 3.63) is 28.8 Å². The van der Waals surface area contributed by atoms with E-state index < -0.39 is 0 Å². The third-order valence-corrected chi connectivity index (χ3v) is 3.91. The molecule has 2 aliphatic heterocycles. The normalized spacial score (nSPS) is 17.7. The summed E-state index contributed by atoms with van der Waals surface area (Å²) in [6, 6.07) is 4.76. The Hall–Kier alpha value is -1.06. The van der Waals surface area contributed by atoms with Gasteiger partial charge in [-0.15, -0.1) is 0 Å². The van der Waals surface area contributed by atoms with Gasteiger partial charge in [0.1, 0.15) is 0 Å². The molecule has 0 saturated carbocycles. The Balaban J connectivity index is 1.85. The summed E-state index contributed by atoms with van der Waals surface area (Å²) >= 11 is 0. The molecular formula is C15H22N2O. The molecule has 1 aromatic carbocycles. The summed E-state index contributed by atoms with van der Waals surface area (Å²) in [7, 11) is 0. The van der Waals surface area contributed by atoms with Gasteiger partial charge >= 0.3 is 0 Å². The summed E-state index contributed by atoms with van der Waals surface area (Å²) < 4.78 is 5.46. The summed E-state index contributed by atoms with van der Waals surface area (Å²) in [5.41, 5.74) is 5.97. The van der Waals surface area contributed by atoms with Crippen LogP contribution < -0.4 is 10.2 Å². The molecule has 18 heavy (non-hydrogen) atoms. The minimum absolute atomic E-state index is 0.813. The van der Waals surface area contributed by atoms with E-state index in [1.807, 2.05) is 0 Å². The smallest absolute Gasteiger partial charge is 0.0506 e. The molecule has 1 N–H and O–H groups in total. The summed E-state index contributed by atoms with van der Waals surface area (Å²) in [4.78, 5) is 2.54. The minimum atomic E-state index is 0.813. The van der Waals surface area contributed by atoms with Gasteiger partial charge in [0.2, 0.25) is 0 Å². The lowest BCUT2D eigenvalue weighted by atomic mass is 10.0. The number of hydrogen-bond donors (Lipinski definition) is 1. The Morgan fingerprint density at radius 3 is 3.06 bits per heavy atom. The van der Waals surface area contributed by atoms with E-state index in [-0.39, 0.29) is 0 Å². The molecular weight excluding hydrogens is 224 g/mol. The van der Waals surface area contributed by atoms with Crippen molar-refractivity contribution in [3.8, 4) is 0 Å². The lowest BCUT2D eigenvalue weighted by molar-refractivity contribution is 0.151. The monoisotopic (exact) mass is 246 g/mol. The van der Waals surface area contributed by atoms with Crippen molar-refractivity contribution in [2.24, 2.45) is 0 Å². The Bertz CT molecular complexity index is 431. The minimum Gasteiger partial charge on any atom is -0.381 e. The highest BCUT2D eigenvalue weighted by molar-refractivity contribution is 5.65. The topological polar surface area (TPSA) is 24.5 Å². The fourth-order valence-corrected chi connectivity index (χ4v) is 3.07. The molecule has 0 amide bonds. The molecule has 3 heteroatoms. The van der Waals surface area contributed by atoms with E-state index >= 15 is 0 Å². The van der Waals surface area contributed by atoms with Crippen molar-refractivity contribution in [1.29, 1.82) is 0 Å². The van der Waals surface area contributed by atoms with Gasteiger partial charge in [-0.2, -0.15) is 0 Å². The molecule has 3 rings (SSSR count). The van der Waals surface area contributed by atoms with Crippen molar-refractivity contribution >= 4 is 5.69 Å². The second-order valence-electron chi connectivity index (χ2n) is 5.12. The lowest BCUT2D eigenvalue weighted by Crippen LogP contribution is -2.27. The Morgan fingerprint density at radius 2 is 2.17 bits per heavy atom. The van der Waals surface area contributed by atoms with Gasteiger partial charge in [0.15, 0.2) is 0 Å². The van der Waals surface area contributed by atoms with Crippen LogP contribution in [0.1, 0.15) is 23.6 Å². The maximum Gasteiger partial charge on any atom is 0.0506 e. The van der Waals surface area contributed by atoms with E-state index in [1.54, 1.807) is 5.56 Å². The van der Waals surface area contributed by atoms with Crippen LogP contribution in [0.15, 0.2) is 12.1 Å². The van der Waals surface area contributed by atoms with Crippen LogP contribution >= 0.6 is 0 Å². The van der Waals surface area contributed by atoms with Crippen molar-refractivity contribution < 1.29 is 4.74 Å². The highest BCUT2D eigenvalue weighted by Crippen LogP contribution is 2.34. The van der Waals surface area contributed by atoms with Gasteiger partial charge < -0.3 is 15.0 Å². The van der Waals surface area contributed by atoms with E-state index in [2.05, 4.69) is 29.3 Å². The zero-order valence-corrected chi connectivity index (χ0v) is 11.2. The van der Waals surface area contributed by atoms with Crippen LogP contribution in [0.4, 0.5) is 5.69 Å². The van der Waals surface area contributed by atoms with Crippen LogP contribution in [0.2, 0.25) is 0 Å². The molecule has 0 atom stereocenters. The quantitative estimate of drug-likeness (QED) is 0.819. The molecule has 0 saturated heterocycles. The second kappa shape index (κ2) is 5.29. The number of nitrogens with one attached hydrogen (secondary N) is 1. The van der Waals surface area contributed by atoms with Crippen molar-refractivity contribution in [1.82, 2.24) is 5.32 Å². The van der Waals surface area contributed by atoms with Crippen LogP contribution in [0.3, 0.4) is 0 Å². The largest absolute Gasteiger partial charge is 0.381 e. The predicted octanol–water partition coefficient (Wildman–Crippen LogP) is 1.73. The summed E-state index contributed by atoms with van der Waals surface area (Å²) in [6.45, 7) is 8.17. The average Bonchev–Trinajstić information content (AvgIpc) is 2.66. The lowest BCUT2D eigenvalue weighted by Gasteiger charge is -2.19. The maximum absolute atomic E-state index is 5.46. The SMILES string of the molecule is CCOCCc1cc2c3c(c1)CNCCN3CC2. The van der Waals surface area contributed by atoms with E-state index in [1.165, 1.54) is 29.8 Å². The van der Waals surface area contributed by atoms with Gasteiger partial charge in [-0.05, 0) is 36.5 Å². The van der Waals surface area contributed by atoms with Gasteiger partial charge in [0, 0.05) is 38.5 Å². The summed E-state index contributed by atoms with van der Waals surface area (Å²) in [5.74, 6) is 0. The van der Waals surface area contributed by atoms with E-state index in [9.17, 15) is 0 Å². The highest BCUT2D eigenvalue weighted by atomic mass is 16.5. The van der Waals surface area contributed by atoms with Gasteiger partial charge in [-0.25, -0.2) is 0 Å². The number of benzene rings is 1. The first-order valence-corrected chi connectivity index (χ1v) is 7.06. The standard InChI is InChI=1S/C15H22N2O/c1-2-18-8-4-12-9-13-3-6-17-7-5-16-11-14(10-12)15(13)17/h9-10,16H,2-8,11H2,1H3. The zero-order chi connectivity index (χ0) is 12.4.